The minimum atomic E-state index is -2.30. The first-order chi connectivity index (χ1) is 9.75. The quantitative estimate of drug-likeness (QED) is 0.508. The Morgan fingerprint density at radius 2 is 1.43 bits per heavy atom. The van der Waals surface area contributed by atoms with E-state index in [9.17, 15) is 26.7 Å². The molecule has 110 valence electrons. The van der Waals surface area contributed by atoms with Crippen molar-refractivity contribution in [3.8, 4) is 11.1 Å². The lowest BCUT2D eigenvalue weighted by atomic mass is 10.0. The zero-order valence-corrected chi connectivity index (χ0v) is 9.92. The molecule has 0 unspecified atom stereocenters. The minimum absolute atomic E-state index is 0.542. The summed E-state index contributed by atoms with van der Waals surface area (Å²) in [6.07, 6.45) is 0. The number of nitrogens with two attached hydrogens (primary N) is 1. The number of aromatic carboxylic acids is 1. The van der Waals surface area contributed by atoms with Gasteiger partial charge in [-0.15, -0.1) is 0 Å². The third-order valence-corrected chi connectivity index (χ3v) is 2.62. The van der Waals surface area contributed by atoms with Crippen LogP contribution in [0.2, 0.25) is 0 Å². The van der Waals surface area contributed by atoms with E-state index in [2.05, 4.69) is 4.98 Å². The number of rotatable bonds is 2. The second kappa shape index (κ2) is 5.00. The molecule has 1 aromatic carbocycles. The Hall–Kier alpha value is -2.71. The van der Waals surface area contributed by atoms with Crippen molar-refractivity contribution in [1.29, 1.82) is 0 Å². The van der Waals surface area contributed by atoms with Crippen LogP contribution < -0.4 is 5.73 Å². The lowest BCUT2D eigenvalue weighted by molar-refractivity contribution is 0.0690. The molecule has 2 aromatic rings. The largest absolute Gasteiger partial charge is 0.477 e. The highest BCUT2D eigenvalue weighted by Gasteiger charge is 2.28. The molecule has 0 aliphatic carbocycles. The lowest BCUT2D eigenvalue weighted by Crippen LogP contribution is -2.08. The summed E-state index contributed by atoms with van der Waals surface area (Å²) in [7, 11) is 0. The van der Waals surface area contributed by atoms with Gasteiger partial charge in [-0.05, 0) is 12.1 Å². The Labute approximate surface area is 113 Å². The standard InChI is InChI=1S/C12H5F5N2O2/c13-6-5(7(14)9(16)10(17)8(6)15)3-1-2-4(12(20)21)19-11(3)18/h1-2H,(H2,18,19)(H,20,21). The van der Waals surface area contributed by atoms with Crippen molar-refractivity contribution in [3.05, 3.63) is 46.9 Å². The summed E-state index contributed by atoms with van der Waals surface area (Å²) < 4.78 is 66.4. The van der Waals surface area contributed by atoms with Crippen LogP contribution in [-0.2, 0) is 0 Å². The third kappa shape index (κ3) is 2.26. The Bertz CT molecular complexity index is 735. The van der Waals surface area contributed by atoms with Crippen molar-refractivity contribution < 1.29 is 31.9 Å². The van der Waals surface area contributed by atoms with Crippen LogP contribution in [-0.4, -0.2) is 16.1 Å². The van der Waals surface area contributed by atoms with E-state index in [1.54, 1.807) is 0 Å². The molecule has 0 bridgehead atoms. The van der Waals surface area contributed by atoms with Gasteiger partial charge < -0.3 is 10.8 Å². The van der Waals surface area contributed by atoms with E-state index in [-0.39, 0.29) is 0 Å². The number of carboxylic acids is 1. The average Bonchev–Trinajstić information content (AvgIpc) is 2.44. The Morgan fingerprint density at radius 3 is 1.86 bits per heavy atom. The van der Waals surface area contributed by atoms with Gasteiger partial charge in [-0.2, -0.15) is 0 Å². The van der Waals surface area contributed by atoms with E-state index in [1.807, 2.05) is 0 Å². The van der Waals surface area contributed by atoms with E-state index in [4.69, 9.17) is 10.8 Å². The van der Waals surface area contributed by atoms with Crippen LogP contribution >= 0.6 is 0 Å². The molecule has 0 amide bonds. The normalized spacial score (nSPS) is 10.7. The summed E-state index contributed by atoms with van der Waals surface area (Å²) in [4.78, 5) is 14.0. The molecule has 9 heteroatoms. The van der Waals surface area contributed by atoms with Gasteiger partial charge >= 0.3 is 5.97 Å². The Kier molecular flexibility index (Phi) is 3.50. The maximum atomic E-state index is 13.6. The van der Waals surface area contributed by atoms with Gasteiger partial charge in [0.1, 0.15) is 5.82 Å². The van der Waals surface area contributed by atoms with Crippen molar-refractivity contribution in [2.24, 2.45) is 0 Å². The lowest BCUT2D eigenvalue weighted by Gasteiger charge is -2.10. The summed E-state index contributed by atoms with van der Waals surface area (Å²) in [6, 6.07) is 1.64. The van der Waals surface area contributed by atoms with E-state index < -0.39 is 57.7 Å². The van der Waals surface area contributed by atoms with Gasteiger partial charge in [-0.3, -0.25) is 0 Å². The molecule has 3 N–H and O–H groups in total. The van der Waals surface area contributed by atoms with Gasteiger partial charge in [-0.25, -0.2) is 31.7 Å². The fourth-order valence-corrected chi connectivity index (χ4v) is 1.65. The summed E-state index contributed by atoms with van der Waals surface area (Å²) in [5, 5.41) is 8.67. The molecule has 0 radical (unpaired) electrons. The van der Waals surface area contributed by atoms with Crippen molar-refractivity contribution in [2.75, 3.05) is 5.73 Å². The third-order valence-electron chi connectivity index (χ3n) is 2.62. The van der Waals surface area contributed by atoms with Crippen LogP contribution in [0.1, 0.15) is 10.5 Å². The smallest absolute Gasteiger partial charge is 0.354 e. The summed E-state index contributed by atoms with van der Waals surface area (Å²) in [6.45, 7) is 0. The summed E-state index contributed by atoms with van der Waals surface area (Å²) in [5.41, 5.74) is 2.91. The van der Waals surface area contributed by atoms with E-state index in [1.165, 1.54) is 0 Å². The highest BCUT2D eigenvalue weighted by atomic mass is 19.2. The van der Waals surface area contributed by atoms with E-state index in [0.29, 0.717) is 0 Å². The summed E-state index contributed by atoms with van der Waals surface area (Å²) >= 11 is 0. The molecule has 21 heavy (non-hydrogen) atoms. The van der Waals surface area contributed by atoms with Crippen LogP contribution in [0, 0.1) is 29.1 Å². The van der Waals surface area contributed by atoms with Crippen LogP contribution in [0.4, 0.5) is 27.8 Å². The monoisotopic (exact) mass is 304 g/mol. The van der Waals surface area contributed by atoms with Gasteiger partial charge in [0.05, 0.1) is 5.56 Å². The topological polar surface area (TPSA) is 76.2 Å². The van der Waals surface area contributed by atoms with Crippen LogP contribution in [0.3, 0.4) is 0 Å². The fraction of sp³-hybridized carbons (Fsp3) is 0. The molecular formula is C12H5F5N2O2. The minimum Gasteiger partial charge on any atom is -0.477 e. The number of pyridine rings is 1. The van der Waals surface area contributed by atoms with Crippen molar-refractivity contribution in [2.45, 2.75) is 0 Å². The van der Waals surface area contributed by atoms with Crippen LogP contribution in [0.15, 0.2) is 12.1 Å². The van der Waals surface area contributed by atoms with Crippen molar-refractivity contribution in [3.63, 3.8) is 0 Å². The highest BCUT2D eigenvalue weighted by Crippen LogP contribution is 2.33. The second-order valence-corrected chi connectivity index (χ2v) is 3.88. The molecule has 0 saturated heterocycles. The number of carbonyl (C=O) groups is 1. The molecule has 0 fully saturated rings. The number of anilines is 1. The maximum absolute atomic E-state index is 13.6. The van der Waals surface area contributed by atoms with Gasteiger partial charge in [-0.1, -0.05) is 0 Å². The van der Waals surface area contributed by atoms with Gasteiger partial charge in [0.2, 0.25) is 5.82 Å². The number of aromatic nitrogens is 1. The molecule has 1 aromatic heterocycles. The molecule has 4 nitrogen and oxygen atoms in total. The SMILES string of the molecule is Nc1nc(C(=O)O)ccc1-c1c(F)c(F)c(F)c(F)c1F. The maximum Gasteiger partial charge on any atom is 0.354 e. The van der Waals surface area contributed by atoms with E-state index >= 15 is 0 Å². The predicted molar refractivity (Wildman–Crippen MR) is 60.8 cm³/mol. The zero-order valence-electron chi connectivity index (χ0n) is 9.92. The molecule has 0 aliphatic heterocycles. The van der Waals surface area contributed by atoms with Gasteiger partial charge in [0.25, 0.3) is 0 Å². The molecule has 1 heterocycles. The number of carboxylic acid groups (broad SMARTS) is 1. The first kappa shape index (κ1) is 14.7. The number of nitrogen functional groups attached to an aromatic ring is 1. The zero-order chi connectivity index (χ0) is 15.9. The Balaban J connectivity index is 2.77. The van der Waals surface area contributed by atoms with E-state index in [0.717, 1.165) is 12.1 Å². The average molecular weight is 304 g/mol. The number of halogens is 5. The predicted octanol–water partition coefficient (Wildman–Crippen LogP) is 2.72. The van der Waals surface area contributed by atoms with Gasteiger partial charge in [0.15, 0.2) is 29.0 Å². The molecule has 0 aliphatic rings. The molecule has 0 saturated carbocycles. The number of benzene rings is 1. The van der Waals surface area contributed by atoms with Crippen molar-refractivity contribution in [1.82, 2.24) is 4.98 Å². The molecular weight excluding hydrogens is 299 g/mol. The van der Waals surface area contributed by atoms with Gasteiger partial charge in [0, 0.05) is 5.56 Å². The first-order valence-electron chi connectivity index (χ1n) is 5.27. The number of nitrogens with zero attached hydrogens (tertiary/aromatic N) is 1. The first-order valence-corrected chi connectivity index (χ1v) is 5.27. The second-order valence-electron chi connectivity index (χ2n) is 3.88. The molecule has 0 atom stereocenters. The number of hydrogen-bond acceptors (Lipinski definition) is 3. The van der Waals surface area contributed by atoms with Crippen LogP contribution in [0.25, 0.3) is 11.1 Å². The number of hydrogen-bond donors (Lipinski definition) is 2. The fourth-order valence-electron chi connectivity index (χ4n) is 1.65. The van der Waals surface area contributed by atoms with Crippen LogP contribution in [0.5, 0.6) is 0 Å². The summed E-state index contributed by atoms with van der Waals surface area (Å²) in [5.74, 6) is -12.9. The Morgan fingerprint density at radius 1 is 0.952 bits per heavy atom. The molecule has 0 spiro atoms. The van der Waals surface area contributed by atoms with Crippen molar-refractivity contribution >= 4 is 11.8 Å². The highest BCUT2D eigenvalue weighted by molar-refractivity contribution is 5.87. The molecule has 2 rings (SSSR count).